The molecule has 1 saturated carbocycles. The number of hydrogen-bond acceptors (Lipinski definition) is 1. The summed E-state index contributed by atoms with van der Waals surface area (Å²) in [4.78, 5) is 11.1. The van der Waals surface area contributed by atoms with Crippen molar-refractivity contribution >= 4 is 6.29 Å². The number of carbonyl (C=O) groups excluding carboxylic acids is 1. The van der Waals surface area contributed by atoms with E-state index in [2.05, 4.69) is 27.4 Å². The fourth-order valence-electron chi connectivity index (χ4n) is 2.26. The maximum atomic E-state index is 11.1. The molecule has 0 spiro atoms. The average molecular weight is 194 g/mol. The Morgan fingerprint density at radius 2 is 2.07 bits per heavy atom. The van der Waals surface area contributed by atoms with Gasteiger partial charge in [0.25, 0.3) is 0 Å². The van der Waals surface area contributed by atoms with Crippen molar-refractivity contribution in [2.75, 3.05) is 0 Å². The first-order valence-corrected chi connectivity index (χ1v) is 5.44. The van der Waals surface area contributed by atoms with Gasteiger partial charge in [0.05, 0.1) is 0 Å². The lowest BCUT2D eigenvalue weighted by molar-refractivity contribution is -0.115. The van der Waals surface area contributed by atoms with E-state index in [1.165, 1.54) is 6.42 Å². The van der Waals surface area contributed by atoms with Crippen molar-refractivity contribution in [2.24, 2.45) is 16.7 Å². The molecule has 0 N–H and O–H groups in total. The van der Waals surface area contributed by atoms with Crippen molar-refractivity contribution in [3.05, 3.63) is 12.2 Å². The number of rotatable bonds is 1. The first-order chi connectivity index (χ1) is 6.29. The van der Waals surface area contributed by atoms with E-state index in [9.17, 15) is 4.79 Å². The summed E-state index contributed by atoms with van der Waals surface area (Å²) in [6.45, 7) is 12.8. The number of carbonyl (C=O) groups is 1. The number of hydrogen-bond donors (Lipinski definition) is 0. The zero-order valence-corrected chi connectivity index (χ0v) is 9.89. The van der Waals surface area contributed by atoms with Crippen molar-refractivity contribution in [1.29, 1.82) is 0 Å². The molecule has 14 heavy (non-hydrogen) atoms. The Bertz CT molecular complexity index is 246. The van der Waals surface area contributed by atoms with Gasteiger partial charge in [0, 0.05) is 5.41 Å². The second-order valence-electron chi connectivity index (χ2n) is 5.94. The van der Waals surface area contributed by atoms with Gasteiger partial charge in [0.2, 0.25) is 0 Å². The Kier molecular flexibility index (Phi) is 2.89. The first-order valence-electron chi connectivity index (χ1n) is 5.44. The smallest absolute Gasteiger partial charge is 0.129 e. The van der Waals surface area contributed by atoms with E-state index in [-0.39, 0.29) is 5.41 Å². The molecule has 1 fully saturated rings. The highest BCUT2D eigenvalue weighted by molar-refractivity contribution is 5.64. The van der Waals surface area contributed by atoms with Gasteiger partial charge in [-0.15, -0.1) is 0 Å². The lowest BCUT2D eigenvalue weighted by Crippen LogP contribution is -2.34. The molecule has 1 aliphatic rings. The number of allylic oxidation sites excluding steroid dienone is 1. The lowest BCUT2D eigenvalue weighted by atomic mass is 9.62. The third-order valence-electron chi connectivity index (χ3n) is 3.76. The van der Waals surface area contributed by atoms with E-state index < -0.39 is 0 Å². The minimum atomic E-state index is -0.268. The largest absolute Gasteiger partial charge is 0.302 e. The topological polar surface area (TPSA) is 17.1 Å². The predicted molar refractivity (Wildman–Crippen MR) is 60.1 cm³/mol. The van der Waals surface area contributed by atoms with Gasteiger partial charge in [0.1, 0.15) is 6.29 Å². The van der Waals surface area contributed by atoms with Crippen LogP contribution in [0.2, 0.25) is 0 Å². The van der Waals surface area contributed by atoms with Crippen LogP contribution in [0.4, 0.5) is 0 Å². The Hall–Kier alpha value is -0.590. The van der Waals surface area contributed by atoms with Crippen LogP contribution in [0.5, 0.6) is 0 Å². The SMILES string of the molecule is C=C1CC[C@H](C(C)(C)C)C[C@@]1(C)C=O. The van der Waals surface area contributed by atoms with Gasteiger partial charge in [-0.3, -0.25) is 0 Å². The van der Waals surface area contributed by atoms with Crippen LogP contribution in [0.3, 0.4) is 0 Å². The van der Waals surface area contributed by atoms with Crippen LogP contribution in [0.25, 0.3) is 0 Å². The maximum Gasteiger partial charge on any atom is 0.129 e. The van der Waals surface area contributed by atoms with E-state index in [1.54, 1.807) is 0 Å². The summed E-state index contributed by atoms with van der Waals surface area (Å²) in [5, 5.41) is 0. The molecule has 2 atom stereocenters. The molecule has 0 aliphatic heterocycles. The molecule has 0 aromatic heterocycles. The third kappa shape index (κ3) is 2.08. The monoisotopic (exact) mass is 194 g/mol. The Labute approximate surface area is 87.6 Å². The highest BCUT2D eigenvalue weighted by atomic mass is 16.1. The minimum Gasteiger partial charge on any atom is -0.302 e. The molecule has 0 heterocycles. The molecule has 80 valence electrons. The molecule has 0 aromatic carbocycles. The minimum absolute atomic E-state index is 0.268. The van der Waals surface area contributed by atoms with E-state index >= 15 is 0 Å². The van der Waals surface area contributed by atoms with Crippen LogP contribution in [0.15, 0.2) is 12.2 Å². The van der Waals surface area contributed by atoms with E-state index in [4.69, 9.17) is 0 Å². The molecule has 0 amide bonds. The Balaban J connectivity index is 2.82. The molecule has 1 rings (SSSR count). The Morgan fingerprint density at radius 3 is 2.50 bits per heavy atom. The molecule has 1 aliphatic carbocycles. The van der Waals surface area contributed by atoms with Crippen molar-refractivity contribution < 1.29 is 4.79 Å². The zero-order chi connectivity index (χ0) is 11.0. The van der Waals surface area contributed by atoms with Crippen LogP contribution in [-0.4, -0.2) is 6.29 Å². The van der Waals surface area contributed by atoms with Gasteiger partial charge in [0.15, 0.2) is 0 Å². The van der Waals surface area contributed by atoms with Crippen molar-refractivity contribution in [3.63, 3.8) is 0 Å². The van der Waals surface area contributed by atoms with Crippen molar-refractivity contribution in [1.82, 2.24) is 0 Å². The molecule has 1 nitrogen and oxygen atoms in total. The van der Waals surface area contributed by atoms with E-state index in [0.717, 1.165) is 24.7 Å². The molecule has 0 radical (unpaired) electrons. The summed E-state index contributed by atoms with van der Waals surface area (Å²) in [5.74, 6) is 0.642. The summed E-state index contributed by atoms with van der Waals surface area (Å²) in [5.41, 5.74) is 1.16. The molecule has 0 bridgehead atoms. The molecular weight excluding hydrogens is 172 g/mol. The summed E-state index contributed by atoms with van der Waals surface area (Å²) < 4.78 is 0. The third-order valence-corrected chi connectivity index (χ3v) is 3.76. The standard InChI is InChI=1S/C13H22O/c1-10-6-7-11(12(2,3)4)8-13(10,5)9-14/h9,11H,1,6-8H2,2-5H3/t11-,13-/m0/s1. The summed E-state index contributed by atoms with van der Waals surface area (Å²) in [7, 11) is 0. The average Bonchev–Trinajstić information content (AvgIpc) is 2.08. The van der Waals surface area contributed by atoms with Gasteiger partial charge in [-0.1, -0.05) is 32.9 Å². The van der Waals surface area contributed by atoms with Gasteiger partial charge in [-0.25, -0.2) is 0 Å². The molecule has 0 unspecified atom stereocenters. The predicted octanol–water partition coefficient (Wildman–Crippen LogP) is 3.59. The van der Waals surface area contributed by atoms with E-state index in [1.807, 2.05) is 6.92 Å². The maximum absolute atomic E-state index is 11.1. The van der Waals surface area contributed by atoms with Gasteiger partial charge in [-0.2, -0.15) is 0 Å². The normalized spacial score (nSPS) is 34.3. The van der Waals surface area contributed by atoms with Gasteiger partial charge < -0.3 is 4.79 Å². The molecule has 0 saturated heterocycles. The summed E-state index contributed by atoms with van der Waals surface area (Å²) >= 11 is 0. The van der Waals surface area contributed by atoms with Crippen molar-refractivity contribution in [2.45, 2.75) is 47.0 Å². The highest BCUT2D eigenvalue weighted by Gasteiger charge is 2.39. The second-order valence-corrected chi connectivity index (χ2v) is 5.94. The Morgan fingerprint density at radius 1 is 1.50 bits per heavy atom. The van der Waals surface area contributed by atoms with Gasteiger partial charge in [-0.05, 0) is 37.5 Å². The van der Waals surface area contributed by atoms with Crippen molar-refractivity contribution in [3.8, 4) is 0 Å². The van der Waals surface area contributed by atoms with Crippen LogP contribution in [-0.2, 0) is 4.79 Å². The quantitative estimate of drug-likeness (QED) is 0.460. The second kappa shape index (κ2) is 3.52. The van der Waals surface area contributed by atoms with E-state index in [0.29, 0.717) is 11.3 Å². The number of aldehydes is 1. The first kappa shape index (κ1) is 11.5. The summed E-state index contributed by atoms with van der Waals surface area (Å²) in [6, 6.07) is 0. The lowest BCUT2D eigenvalue weighted by Gasteiger charge is -2.42. The molecule has 1 heteroatoms. The summed E-state index contributed by atoms with van der Waals surface area (Å²) in [6.07, 6.45) is 4.26. The van der Waals surface area contributed by atoms with Crippen LogP contribution < -0.4 is 0 Å². The highest BCUT2D eigenvalue weighted by Crippen LogP contribution is 2.47. The zero-order valence-electron chi connectivity index (χ0n) is 9.89. The van der Waals surface area contributed by atoms with Crippen LogP contribution in [0.1, 0.15) is 47.0 Å². The molecule has 0 aromatic rings. The van der Waals surface area contributed by atoms with Crippen LogP contribution in [0, 0.1) is 16.7 Å². The van der Waals surface area contributed by atoms with Gasteiger partial charge >= 0.3 is 0 Å². The fraction of sp³-hybridized carbons (Fsp3) is 0.769. The fourth-order valence-corrected chi connectivity index (χ4v) is 2.26. The van der Waals surface area contributed by atoms with Crippen LogP contribution >= 0.6 is 0 Å². The molecular formula is C13H22O.